The van der Waals surface area contributed by atoms with Crippen LogP contribution < -0.4 is 4.90 Å². The van der Waals surface area contributed by atoms with Crippen LogP contribution in [-0.2, 0) is 11.0 Å². The Morgan fingerprint density at radius 2 is 1.88 bits per heavy atom. The first-order valence-electron chi connectivity index (χ1n) is 4.75. The molecule has 0 saturated carbocycles. The predicted molar refractivity (Wildman–Crippen MR) is 50.4 cm³/mol. The van der Waals surface area contributed by atoms with E-state index in [0.717, 1.165) is 0 Å². The third-order valence-electron chi connectivity index (χ3n) is 2.48. The monoisotopic (exact) mass is 247 g/mol. The lowest BCUT2D eigenvalue weighted by atomic mass is 10.0. The Balaban J connectivity index is 2.03. The normalized spacial score (nSPS) is 16.8. The summed E-state index contributed by atoms with van der Waals surface area (Å²) in [6.45, 7) is 0.446. The summed E-state index contributed by atoms with van der Waals surface area (Å²) < 4.78 is 36.6. The van der Waals surface area contributed by atoms with Gasteiger partial charge in [0.25, 0.3) is 0 Å². The summed E-state index contributed by atoms with van der Waals surface area (Å²) in [4.78, 5) is 19.2. The van der Waals surface area contributed by atoms with Gasteiger partial charge in [0.05, 0.1) is 11.5 Å². The van der Waals surface area contributed by atoms with Crippen molar-refractivity contribution in [1.82, 2.24) is 9.97 Å². The average Bonchev–Trinajstić information content (AvgIpc) is 2.14. The van der Waals surface area contributed by atoms with E-state index in [1.807, 2.05) is 0 Å². The lowest BCUT2D eigenvalue weighted by Crippen LogP contribution is -2.51. The molecule has 92 valence electrons. The fourth-order valence-electron chi connectivity index (χ4n) is 1.43. The van der Waals surface area contributed by atoms with Crippen LogP contribution in [0.25, 0.3) is 0 Å². The lowest BCUT2D eigenvalue weighted by molar-refractivity contribution is -0.142. The summed E-state index contributed by atoms with van der Waals surface area (Å²) in [6.07, 6.45) is -3.08. The van der Waals surface area contributed by atoms with Crippen molar-refractivity contribution in [2.75, 3.05) is 18.0 Å². The molecule has 0 aliphatic carbocycles. The van der Waals surface area contributed by atoms with Crippen LogP contribution in [0.2, 0.25) is 0 Å². The standard InChI is InChI=1S/C9H8F3N3O2/c10-9(11,12)6-1-13-8(14-2-6)15-3-5(4-15)7(16)17/h1-2,5H,3-4H2,(H,16,17). The minimum atomic E-state index is -4.46. The summed E-state index contributed by atoms with van der Waals surface area (Å²) in [5, 5.41) is 8.63. The molecular weight excluding hydrogens is 239 g/mol. The van der Waals surface area contributed by atoms with Gasteiger partial charge in [-0.3, -0.25) is 4.79 Å². The van der Waals surface area contributed by atoms with Crippen LogP contribution in [0.4, 0.5) is 19.1 Å². The number of aliphatic carboxylic acids is 1. The van der Waals surface area contributed by atoms with Crippen molar-refractivity contribution in [2.24, 2.45) is 5.92 Å². The van der Waals surface area contributed by atoms with Crippen LogP contribution in [0.1, 0.15) is 5.56 Å². The zero-order chi connectivity index (χ0) is 12.6. The van der Waals surface area contributed by atoms with Gasteiger partial charge in [-0.1, -0.05) is 0 Å². The van der Waals surface area contributed by atoms with E-state index in [2.05, 4.69) is 9.97 Å². The van der Waals surface area contributed by atoms with E-state index in [9.17, 15) is 18.0 Å². The molecule has 1 aromatic heterocycles. The molecule has 0 bridgehead atoms. The Morgan fingerprint density at radius 1 is 1.35 bits per heavy atom. The molecule has 5 nitrogen and oxygen atoms in total. The molecular formula is C9H8F3N3O2. The Kier molecular flexibility index (Phi) is 2.64. The molecule has 0 atom stereocenters. The van der Waals surface area contributed by atoms with E-state index in [1.165, 1.54) is 4.90 Å². The van der Waals surface area contributed by atoms with E-state index < -0.39 is 23.6 Å². The SMILES string of the molecule is O=C(O)C1CN(c2ncc(C(F)(F)F)cn2)C1. The molecule has 0 amide bonds. The number of anilines is 1. The van der Waals surface area contributed by atoms with Gasteiger partial charge >= 0.3 is 12.1 Å². The molecule has 8 heteroatoms. The van der Waals surface area contributed by atoms with Crippen LogP contribution in [0.15, 0.2) is 12.4 Å². The molecule has 1 fully saturated rings. The first-order valence-corrected chi connectivity index (χ1v) is 4.75. The van der Waals surface area contributed by atoms with Gasteiger partial charge in [-0.2, -0.15) is 13.2 Å². The van der Waals surface area contributed by atoms with Gasteiger partial charge < -0.3 is 10.0 Å². The molecule has 1 aliphatic rings. The fourth-order valence-corrected chi connectivity index (χ4v) is 1.43. The zero-order valence-electron chi connectivity index (χ0n) is 8.48. The topological polar surface area (TPSA) is 66.3 Å². The quantitative estimate of drug-likeness (QED) is 0.845. The number of halogens is 3. The van der Waals surface area contributed by atoms with Crippen molar-refractivity contribution in [3.63, 3.8) is 0 Å². The van der Waals surface area contributed by atoms with Crippen molar-refractivity contribution in [3.05, 3.63) is 18.0 Å². The van der Waals surface area contributed by atoms with Crippen molar-refractivity contribution >= 4 is 11.9 Å². The first-order chi connectivity index (χ1) is 7.88. The minimum Gasteiger partial charge on any atom is -0.481 e. The number of rotatable bonds is 2. The molecule has 1 N–H and O–H groups in total. The van der Waals surface area contributed by atoms with Crippen LogP contribution in [0.3, 0.4) is 0 Å². The average molecular weight is 247 g/mol. The molecule has 1 saturated heterocycles. The Bertz CT molecular complexity index is 426. The van der Waals surface area contributed by atoms with Gasteiger partial charge in [0, 0.05) is 25.5 Å². The van der Waals surface area contributed by atoms with Crippen molar-refractivity contribution in [2.45, 2.75) is 6.18 Å². The smallest absolute Gasteiger partial charge is 0.419 e. The maximum absolute atomic E-state index is 12.2. The highest BCUT2D eigenvalue weighted by Crippen LogP contribution is 2.29. The largest absolute Gasteiger partial charge is 0.481 e. The van der Waals surface area contributed by atoms with Gasteiger partial charge in [0.2, 0.25) is 5.95 Å². The molecule has 2 rings (SSSR count). The van der Waals surface area contributed by atoms with E-state index in [-0.39, 0.29) is 19.0 Å². The second kappa shape index (κ2) is 3.86. The van der Waals surface area contributed by atoms with Crippen LogP contribution in [0, 0.1) is 5.92 Å². The number of aromatic nitrogens is 2. The summed E-state index contributed by atoms with van der Waals surface area (Å²) in [5.41, 5.74) is -0.920. The number of alkyl halides is 3. The molecule has 0 aromatic carbocycles. The molecule has 1 aliphatic heterocycles. The predicted octanol–water partition coefficient (Wildman–Crippen LogP) is 1.02. The van der Waals surface area contributed by atoms with Gasteiger partial charge in [0.1, 0.15) is 0 Å². The van der Waals surface area contributed by atoms with Crippen LogP contribution >= 0.6 is 0 Å². The highest BCUT2D eigenvalue weighted by Gasteiger charge is 2.35. The molecule has 17 heavy (non-hydrogen) atoms. The van der Waals surface area contributed by atoms with Gasteiger partial charge in [-0.05, 0) is 0 Å². The zero-order valence-corrected chi connectivity index (χ0v) is 8.48. The Hall–Kier alpha value is -1.86. The van der Waals surface area contributed by atoms with Crippen LogP contribution in [0.5, 0.6) is 0 Å². The number of hydrogen-bond donors (Lipinski definition) is 1. The van der Waals surface area contributed by atoms with Gasteiger partial charge in [-0.15, -0.1) is 0 Å². The summed E-state index contributed by atoms with van der Waals surface area (Å²) in [5.74, 6) is -1.30. The fraction of sp³-hybridized carbons (Fsp3) is 0.444. The van der Waals surface area contributed by atoms with E-state index in [1.54, 1.807) is 0 Å². The Labute approximate surface area is 93.9 Å². The lowest BCUT2D eigenvalue weighted by Gasteiger charge is -2.36. The molecule has 2 heterocycles. The summed E-state index contributed by atoms with van der Waals surface area (Å²) >= 11 is 0. The molecule has 0 unspecified atom stereocenters. The van der Waals surface area contributed by atoms with Crippen molar-refractivity contribution in [1.29, 1.82) is 0 Å². The molecule has 0 radical (unpaired) electrons. The van der Waals surface area contributed by atoms with Gasteiger partial charge in [0.15, 0.2) is 0 Å². The number of carboxylic acids is 1. The summed E-state index contributed by atoms with van der Waals surface area (Å²) in [6, 6.07) is 0. The summed E-state index contributed by atoms with van der Waals surface area (Å²) in [7, 11) is 0. The van der Waals surface area contributed by atoms with Crippen molar-refractivity contribution in [3.8, 4) is 0 Å². The number of hydrogen-bond acceptors (Lipinski definition) is 4. The number of carboxylic acid groups (broad SMARTS) is 1. The maximum atomic E-state index is 12.2. The van der Waals surface area contributed by atoms with E-state index >= 15 is 0 Å². The van der Waals surface area contributed by atoms with Gasteiger partial charge in [-0.25, -0.2) is 9.97 Å². The maximum Gasteiger partial charge on any atom is 0.419 e. The highest BCUT2D eigenvalue weighted by atomic mass is 19.4. The number of nitrogens with zero attached hydrogens (tertiary/aromatic N) is 3. The van der Waals surface area contributed by atoms with Crippen molar-refractivity contribution < 1.29 is 23.1 Å². The highest BCUT2D eigenvalue weighted by molar-refractivity contribution is 5.73. The number of carbonyl (C=O) groups is 1. The van der Waals surface area contributed by atoms with E-state index in [4.69, 9.17) is 5.11 Å². The third kappa shape index (κ3) is 2.29. The molecule has 0 spiro atoms. The second-order valence-electron chi connectivity index (χ2n) is 3.71. The first kappa shape index (κ1) is 11.6. The second-order valence-corrected chi connectivity index (χ2v) is 3.71. The molecule has 1 aromatic rings. The Morgan fingerprint density at radius 3 is 2.29 bits per heavy atom. The minimum absolute atomic E-state index is 0.121. The third-order valence-corrected chi connectivity index (χ3v) is 2.48. The van der Waals surface area contributed by atoms with Crippen LogP contribution in [-0.4, -0.2) is 34.1 Å². The van der Waals surface area contributed by atoms with E-state index in [0.29, 0.717) is 12.4 Å².